The number of ether oxygens (including phenoxy) is 2. The van der Waals surface area contributed by atoms with E-state index in [1.54, 1.807) is 6.07 Å². The second-order valence-electron chi connectivity index (χ2n) is 3.66. The lowest BCUT2D eigenvalue weighted by Gasteiger charge is -2.09. The molecule has 0 unspecified atom stereocenters. The van der Waals surface area contributed by atoms with Crippen molar-refractivity contribution in [1.29, 1.82) is 0 Å². The van der Waals surface area contributed by atoms with E-state index in [0.717, 1.165) is 16.5 Å². The Morgan fingerprint density at radius 2 is 1.94 bits per heavy atom. The Morgan fingerprint density at radius 1 is 1.12 bits per heavy atom. The van der Waals surface area contributed by atoms with E-state index in [-0.39, 0.29) is 6.29 Å². The first-order valence-corrected chi connectivity index (χ1v) is 5.50. The van der Waals surface area contributed by atoms with E-state index in [1.165, 1.54) is 0 Å². The minimum absolute atomic E-state index is 0.236. The number of halogens is 1. The largest absolute Gasteiger partial charge is 0.346 e. The lowest BCUT2D eigenvalue weighted by molar-refractivity contribution is -0.0440. The summed E-state index contributed by atoms with van der Waals surface area (Å²) in [6, 6.07) is 9.64. The molecule has 1 fully saturated rings. The maximum absolute atomic E-state index is 5.83. The average molecular weight is 236 g/mol. The Labute approximate surface area is 98.0 Å². The molecule has 3 nitrogen and oxygen atoms in total. The Hall–Kier alpha value is -1.16. The van der Waals surface area contributed by atoms with Gasteiger partial charge in [-0.1, -0.05) is 17.7 Å². The van der Waals surface area contributed by atoms with Crippen molar-refractivity contribution in [2.24, 2.45) is 0 Å². The van der Waals surface area contributed by atoms with E-state index in [2.05, 4.69) is 4.98 Å². The highest BCUT2D eigenvalue weighted by Crippen LogP contribution is 2.26. The molecule has 2 aromatic rings. The summed E-state index contributed by atoms with van der Waals surface area (Å²) in [5, 5.41) is 1.55. The van der Waals surface area contributed by atoms with Gasteiger partial charge in [-0.15, -0.1) is 0 Å². The molecule has 0 radical (unpaired) electrons. The van der Waals surface area contributed by atoms with Crippen LogP contribution in [0.1, 0.15) is 11.9 Å². The van der Waals surface area contributed by atoms with Gasteiger partial charge in [0.1, 0.15) is 5.15 Å². The lowest BCUT2D eigenvalue weighted by atomic mass is 10.1. The Morgan fingerprint density at radius 3 is 2.75 bits per heavy atom. The lowest BCUT2D eigenvalue weighted by Crippen LogP contribution is -1.97. The highest BCUT2D eigenvalue weighted by atomic mass is 35.5. The summed E-state index contributed by atoms with van der Waals surface area (Å²) in [6.45, 7) is 1.31. The zero-order valence-electron chi connectivity index (χ0n) is 8.52. The van der Waals surface area contributed by atoms with Crippen LogP contribution < -0.4 is 0 Å². The number of hydrogen-bond donors (Lipinski definition) is 0. The van der Waals surface area contributed by atoms with E-state index < -0.39 is 0 Å². The van der Waals surface area contributed by atoms with Crippen molar-refractivity contribution in [2.75, 3.05) is 13.2 Å². The molecule has 0 bridgehead atoms. The van der Waals surface area contributed by atoms with Crippen LogP contribution in [0.3, 0.4) is 0 Å². The molecule has 82 valence electrons. The van der Waals surface area contributed by atoms with E-state index in [1.807, 2.05) is 24.3 Å². The summed E-state index contributed by atoms with van der Waals surface area (Å²) in [5.41, 5.74) is 1.91. The van der Waals surface area contributed by atoms with Crippen LogP contribution in [0.2, 0.25) is 5.15 Å². The second-order valence-corrected chi connectivity index (χ2v) is 4.05. The Bertz CT molecular complexity index is 523. The number of rotatable bonds is 1. The van der Waals surface area contributed by atoms with Crippen LogP contribution in [-0.4, -0.2) is 18.2 Å². The standard InChI is InChI=1S/C12H10ClNO2/c13-11-4-2-8-7-9(1-3-10(8)14-11)12-15-5-6-16-12/h1-4,7,12H,5-6H2. The zero-order chi connectivity index (χ0) is 11.0. The first kappa shape index (κ1) is 10.0. The van der Waals surface area contributed by atoms with Gasteiger partial charge in [-0.2, -0.15) is 0 Å². The van der Waals surface area contributed by atoms with E-state index in [4.69, 9.17) is 21.1 Å². The quantitative estimate of drug-likeness (QED) is 0.713. The summed E-state index contributed by atoms with van der Waals surface area (Å²) in [4.78, 5) is 4.23. The Kier molecular flexibility index (Phi) is 2.52. The number of nitrogens with zero attached hydrogens (tertiary/aromatic N) is 1. The molecule has 1 aromatic heterocycles. The van der Waals surface area contributed by atoms with Gasteiger partial charge in [-0.25, -0.2) is 4.98 Å². The van der Waals surface area contributed by atoms with Crippen LogP contribution in [0.4, 0.5) is 0 Å². The minimum atomic E-state index is -0.236. The molecule has 3 rings (SSSR count). The second kappa shape index (κ2) is 4.01. The number of pyridine rings is 1. The highest BCUT2D eigenvalue weighted by Gasteiger charge is 2.18. The maximum Gasteiger partial charge on any atom is 0.184 e. The number of fused-ring (bicyclic) bond motifs is 1. The fourth-order valence-corrected chi connectivity index (χ4v) is 1.97. The van der Waals surface area contributed by atoms with Gasteiger partial charge in [-0.05, 0) is 24.3 Å². The third-order valence-corrected chi connectivity index (χ3v) is 2.78. The van der Waals surface area contributed by atoms with E-state index in [0.29, 0.717) is 18.4 Å². The van der Waals surface area contributed by atoms with Gasteiger partial charge in [0, 0.05) is 10.9 Å². The van der Waals surface area contributed by atoms with Gasteiger partial charge in [0.05, 0.1) is 18.7 Å². The molecule has 0 amide bonds. The molecule has 1 aliphatic heterocycles. The number of hydrogen-bond acceptors (Lipinski definition) is 3. The fourth-order valence-electron chi connectivity index (χ4n) is 1.82. The SMILES string of the molecule is Clc1ccc2cc(C3OCCO3)ccc2n1. The predicted molar refractivity (Wildman–Crippen MR) is 61.4 cm³/mol. The van der Waals surface area contributed by atoms with Crippen molar-refractivity contribution in [1.82, 2.24) is 4.98 Å². The third-order valence-electron chi connectivity index (χ3n) is 2.57. The van der Waals surface area contributed by atoms with Gasteiger partial charge in [0.15, 0.2) is 6.29 Å². The molecular weight excluding hydrogens is 226 g/mol. The normalized spacial score (nSPS) is 17.1. The topological polar surface area (TPSA) is 31.4 Å². The molecule has 1 aromatic carbocycles. The third kappa shape index (κ3) is 1.78. The van der Waals surface area contributed by atoms with Crippen molar-refractivity contribution in [2.45, 2.75) is 6.29 Å². The zero-order valence-corrected chi connectivity index (χ0v) is 9.28. The van der Waals surface area contributed by atoms with Crippen LogP contribution in [0.5, 0.6) is 0 Å². The fraction of sp³-hybridized carbons (Fsp3) is 0.250. The summed E-state index contributed by atoms with van der Waals surface area (Å²) in [6.07, 6.45) is -0.236. The van der Waals surface area contributed by atoms with Crippen LogP contribution in [0.15, 0.2) is 30.3 Å². The van der Waals surface area contributed by atoms with Gasteiger partial charge < -0.3 is 9.47 Å². The van der Waals surface area contributed by atoms with Gasteiger partial charge >= 0.3 is 0 Å². The van der Waals surface area contributed by atoms with Crippen molar-refractivity contribution in [3.63, 3.8) is 0 Å². The smallest absolute Gasteiger partial charge is 0.184 e. The molecule has 1 saturated heterocycles. The van der Waals surface area contributed by atoms with Gasteiger partial charge in [0.2, 0.25) is 0 Å². The molecule has 4 heteroatoms. The predicted octanol–water partition coefficient (Wildman–Crippen LogP) is 2.93. The van der Waals surface area contributed by atoms with Crippen LogP contribution in [-0.2, 0) is 9.47 Å². The van der Waals surface area contributed by atoms with Crippen molar-refractivity contribution >= 4 is 22.5 Å². The molecule has 2 heterocycles. The molecule has 16 heavy (non-hydrogen) atoms. The first-order chi connectivity index (χ1) is 7.83. The molecule has 1 aliphatic rings. The van der Waals surface area contributed by atoms with Crippen LogP contribution >= 0.6 is 11.6 Å². The Balaban J connectivity index is 2.05. The van der Waals surface area contributed by atoms with Crippen molar-refractivity contribution < 1.29 is 9.47 Å². The molecule has 0 N–H and O–H groups in total. The maximum atomic E-state index is 5.83. The molecule has 0 spiro atoms. The summed E-state index contributed by atoms with van der Waals surface area (Å²) < 4.78 is 10.9. The van der Waals surface area contributed by atoms with Gasteiger partial charge in [-0.3, -0.25) is 0 Å². The first-order valence-electron chi connectivity index (χ1n) is 5.12. The van der Waals surface area contributed by atoms with Crippen molar-refractivity contribution in [3.05, 3.63) is 41.0 Å². The molecule has 0 aliphatic carbocycles. The van der Waals surface area contributed by atoms with Crippen molar-refractivity contribution in [3.8, 4) is 0 Å². The highest BCUT2D eigenvalue weighted by molar-refractivity contribution is 6.29. The monoisotopic (exact) mass is 235 g/mol. The van der Waals surface area contributed by atoms with Crippen LogP contribution in [0.25, 0.3) is 10.9 Å². The van der Waals surface area contributed by atoms with Gasteiger partial charge in [0.25, 0.3) is 0 Å². The summed E-state index contributed by atoms with van der Waals surface area (Å²) in [7, 11) is 0. The summed E-state index contributed by atoms with van der Waals surface area (Å²) in [5.74, 6) is 0. The molecule has 0 saturated carbocycles. The molecule has 0 atom stereocenters. The summed E-state index contributed by atoms with van der Waals surface area (Å²) >= 11 is 5.83. The van der Waals surface area contributed by atoms with E-state index in [9.17, 15) is 0 Å². The number of benzene rings is 1. The van der Waals surface area contributed by atoms with E-state index >= 15 is 0 Å². The van der Waals surface area contributed by atoms with Crippen LogP contribution in [0, 0.1) is 0 Å². The molecular formula is C12H10ClNO2. The minimum Gasteiger partial charge on any atom is -0.346 e. The average Bonchev–Trinajstić information content (AvgIpc) is 2.82. The number of aromatic nitrogens is 1.